The van der Waals surface area contributed by atoms with Gasteiger partial charge in [-0.25, -0.2) is 9.37 Å². The lowest BCUT2D eigenvalue weighted by atomic mass is 9.84. The van der Waals surface area contributed by atoms with Gasteiger partial charge in [-0.05, 0) is 74.7 Å². The van der Waals surface area contributed by atoms with Gasteiger partial charge in [0, 0.05) is 23.3 Å². The Balaban J connectivity index is 1.21. The third-order valence-corrected chi connectivity index (χ3v) is 7.53. The van der Waals surface area contributed by atoms with Crippen molar-refractivity contribution in [3.63, 3.8) is 0 Å². The predicted molar refractivity (Wildman–Crippen MR) is 137 cm³/mol. The molecule has 38 heavy (non-hydrogen) atoms. The van der Waals surface area contributed by atoms with Crippen LogP contribution in [0.25, 0.3) is 5.69 Å². The van der Waals surface area contributed by atoms with Crippen LogP contribution in [0.4, 0.5) is 21.8 Å². The normalized spacial score (nSPS) is 22.9. The second kappa shape index (κ2) is 9.95. The van der Waals surface area contributed by atoms with Gasteiger partial charge < -0.3 is 24.8 Å². The van der Waals surface area contributed by atoms with E-state index in [0.717, 1.165) is 19.4 Å². The summed E-state index contributed by atoms with van der Waals surface area (Å²) in [7, 11) is 1.56. The Kier molecular flexibility index (Phi) is 6.48. The molecule has 3 aliphatic heterocycles. The lowest BCUT2D eigenvalue weighted by Gasteiger charge is -2.47. The lowest BCUT2D eigenvalue weighted by Crippen LogP contribution is -2.55. The minimum atomic E-state index is -0.479. The van der Waals surface area contributed by atoms with Gasteiger partial charge in [0.05, 0.1) is 26.5 Å². The van der Waals surface area contributed by atoms with Crippen molar-refractivity contribution in [1.82, 2.24) is 35.1 Å². The van der Waals surface area contributed by atoms with Crippen LogP contribution in [0.3, 0.4) is 0 Å². The fourth-order valence-corrected chi connectivity index (χ4v) is 5.74. The van der Waals surface area contributed by atoms with Crippen molar-refractivity contribution < 1.29 is 18.6 Å². The van der Waals surface area contributed by atoms with Crippen molar-refractivity contribution >= 4 is 17.5 Å². The Morgan fingerprint density at radius 3 is 2.89 bits per heavy atom. The number of nitrogens with one attached hydrogen (secondary N) is 2. The molecule has 0 aliphatic carbocycles. The summed E-state index contributed by atoms with van der Waals surface area (Å²) in [5.41, 5.74) is 1.27. The zero-order valence-corrected chi connectivity index (χ0v) is 21.7. The van der Waals surface area contributed by atoms with Crippen LogP contribution in [0.15, 0.2) is 24.4 Å². The largest absolute Gasteiger partial charge is 0.494 e. The van der Waals surface area contributed by atoms with Crippen molar-refractivity contribution in [2.45, 2.75) is 63.3 Å². The van der Waals surface area contributed by atoms with E-state index in [1.54, 1.807) is 19.2 Å². The molecular weight excluding hydrogens is 493 g/mol. The van der Waals surface area contributed by atoms with E-state index >= 15 is 0 Å². The summed E-state index contributed by atoms with van der Waals surface area (Å²) in [4.78, 5) is 11.2. The molecule has 2 aromatic heterocycles. The van der Waals surface area contributed by atoms with Crippen LogP contribution in [0, 0.1) is 5.82 Å². The Labute approximate surface area is 219 Å². The Morgan fingerprint density at radius 2 is 2.11 bits per heavy atom. The third-order valence-electron chi connectivity index (χ3n) is 7.53. The van der Waals surface area contributed by atoms with Gasteiger partial charge in [-0.3, -0.25) is 4.90 Å². The number of piperidine rings is 1. The van der Waals surface area contributed by atoms with Gasteiger partial charge in [-0.15, -0.1) is 0 Å². The van der Waals surface area contributed by atoms with Gasteiger partial charge in [0.2, 0.25) is 5.95 Å². The van der Waals surface area contributed by atoms with Crippen LogP contribution in [0.5, 0.6) is 11.8 Å². The molecule has 2 N–H and O–H groups in total. The highest BCUT2D eigenvalue weighted by Crippen LogP contribution is 2.38. The van der Waals surface area contributed by atoms with Gasteiger partial charge in [-0.1, -0.05) is 5.10 Å². The highest BCUT2D eigenvalue weighted by molar-refractivity contribution is 5.63. The molecule has 3 saturated heterocycles. The number of hydrogen-bond acceptors (Lipinski definition) is 11. The van der Waals surface area contributed by atoms with E-state index in [1.165, 1.54) is 23.7 Å². The molecule has 13 heteroatoms. The summed E-state index contributed by atoms with van der Waals surface area (Å²) in [5.74, 6) is 0.527. The maximum atomic E-state index is 14.8. The molecule has 3 fully saturated rings. The smallest absolute Gasteiger partial charge is 0.340 e. The Hall–Kier alpha value is -3.58. The summed E-state index contributed by atoms with van der Waals surface area (Å²) in [5, 5.41) is 18.3. The molecule has 3 aromatic rings. The van der Waals surface area contributed by atoms with Crippen LogP contribution < -0.4 is 20.1 Å². The monoisotopic (exact) mass is 525 g/mol. The predicted octanol–water partition coefficient (Wildman–Crippen LogP) is 2.94. The zero-order valence-electron chi connectivity index (χ0n) is 21.7. The number of benzene rings is 1. The number of methoxy groups -OCH3 is 1. The molecule has 0 unspecified atom stereocenters. The average molecular weight is 526 g/mol. The lowest BCUT2D eigenvalue weighted by molar-refractivity contribution is -0.0839. The second-order valence-electron chi connectivity index (χ2n) is 10.6. The van der Waals surface area contributed by atoms with Crippen LogP contribution in [-0.4, -0.2) is 85.7 Å². The van der Waals surface area contributed by atoms with E-state index < -0.39 is 5.82 Å². The molecule has 0 amide bonds. The van der Waals surface area contributed by atoms with E-state index in [9.17, 15) is 4.39 Å². The first-order valence-electron chi connectivity index (χ1n) is 12.9. The Bertz CT molecular complexity index is 1300. The van der Waals surface area contributed by atoms with E-state index in [4.69, 9.17) is 14.2 Å². The van der Waals surface area contributed by atoms with Crippen molar-refractivity contribution in [3.8, 4) is 17.4 Å². The maximum Gasteiger partial charge on any atom is 0.340 e. The van der Waals surface area contributed by atoms with E-state index in [1.807, 2.05) is 6.07 Å². The van der Waals surface area contributed by atoms with Crippen molar-refractivity contribution in [1.29, 1.82) is 0 Å². The number of halogens is 1. The summed E-state index contributed by atoms with van der Waals surface area (Å²) >= 11 is 0. The average Bonchev–Trinajstić information content (AvgIpc) is 3.53. The van der Waals surface area contributed by atoms with E-state index in [2.05, 4.69) is 54.9 Å². The summed E-state index contributed by atoms with van der Waals surface area (Å²) < 4.78 is 32.7. The topological polar surface area (TPSA) is 124 Å². The molecule has 0 saturated carbocycles. The van der Waals surface area contributed by atoms with Crippen LogP contribution in [0.2, 0.25) is 0 Å². The molecule has 0 radical (unpaired) electrons. The van der Waals surface area contributed by atoms with Crippen molar-refractivity contribution in [2.75, 3.05) is 37.5 Å². The highest BCUT2D eigenvalue weighted by atomic mass is 19.1. The first-order valence-corrected chi connectivity index (χ1v) is 12.9. The molecular formula is C25H32FN9O3. The number of tetrazole rings is 1. The molecule has 12 nitrogen and oxygen atoms in total. The number of aromatic nitrogens is 6. The first kappa shape index (κ1) is 24.7. The van der Waals surface area contributed by atoms with Crippen molar-refractivity contribution in [2.24, 2.45) is 0 Å². The van der Waals surface area contributed by atoms with Gasteiger partial charge in [0.25, 0.3) is 0 Å². The van der Waals surface area contributed by atoms with Crippen molar-refractivity contribution in [3.05, 3.63) is 30.2 Å². The molecule has 2 atom stereocenters. The molecule has 3 aliphatic rings. The maximum absolute atomic E-state index is 14.8. The standard InChI is InChI=1S/C25H32FN9O3/c1-25(2)11-16(9-17-5-4-8-34(17)25)28-22-19(26)12-27-23(30-22)29-15-6-7-21(36-3)20(10-15)35-24(31-32-33-35)38-18-13-37-14-18/h6-7,10,12,16-18H,4-5,8-9,11,13-14H2,1-3H3,(H2,27,28,29,30)/t16-,17+/m1/s1. The van der Waals surface area contributed by atoms with Gasteiger partial charge >= 0.3 is 6.01 Å². The van der Waals surface area contributed by atoms with Crippen LogP contribution >= 0.6 is 0 Å². The minimum absolute atomic E-state index is 0.0611. The van der Waals surface area contributed by atoms with Gasteiger partial charge in [0.1, 0.15) is 17.5 Å². The number of hydrogen-bond donors (Lipinski definition) is 2. The zero-order chi connectivity index (χ0) is 26.3. The number of rotatable bonds is 8. The van der Waals surface area contributed by atoms with Crippen LogP contribution in [-0.2, 0) is 4.74 Å². The summed E-state index contributed by atoms with van der Waals surface area (Å²) in [6.07, 6.45) is 5.38. The number of nitrogens with zero attached hydrogens (tertiary/aromatic N) is 7. The minimum Gasteiger partial charge on any atom is -0.494 e. The molecule has 6 rings (SSSR count). The fraction of sp³-hybridized carbons (Fsp3) is 0.560. The Morgan fingerprint density at radius 1 is 1.24 bits per heavy atom. The molecule has 0 bridgehead atoms. The highest BCUT2D eigenvalue weighted by Gasteiger charge is 2.43. The quantitative estimate of drug-likeness (QED) is 0.451. The number of fused-ring (bicyclic) bond motifs is 1. The first-order chi connectivity index (χ1) is 18.4. The fourth-order valence-electron chi connectivity index (χ4n) is 5.74. The van der Waals surface area contributed by atoms with Gasteiger partial charge in [-0.2, -0.15) is 9.67 Å². The molecule has 5 heterocycles. The second-order valence-corrected chi connectivity index (χ2v) is 10.6. The number of ether oxygens (including phenoxy) is 3. The van der Waals surface area contributed by atoms with Gasteiger partial charge in [0.15, 0.2) is 11.6 Å². The summed E-state index contributed by atoms with van der Waals surface area (Å²) in [6, 6.07) is 6.26. The molecule has 202 valence electrons. The molecule has 0 spiro atoms. The van der Waals surface area contributed by atoms with Crippen LogP contribution in [0.1, 0.15) is 39.5 Å². The van der Waals surface area contributed by atoms with E-state index in [-0.39, 0.29) is 35.5 Å². The number of anilines is 3. The SMILES string of the molecule is COc1ccc(Nc2ncc(F)c(N[C@@H]3C[C@@H]4CCCN4C(C)(C)C3)n2)cc1-n1nnnc1OC1COC1. The molecule has 1 aromatic carbocycles. The van der Waals surface area contributed by atoms with E-state index in [0.29, 0.717) is 36.4 Å². The summed E-state index contributed by atoms with van der Waals surface area (Å²) in [6.45, 7) is 6.65. The third kappa shape index (κ3) is 4.83.